The van der Waals surface area contributed by atoms with Gasteiger partial charge in [0.15, 0.2) is 0 Å². The molecule has 0 radical (unpaired) electrons. The van der Waals surface area contributed by atoms with Gasteiger partial charge >= 0.3 is 0 Å². The second-order valence-corrected chi connectivity index (χ2v) is 7.36. The standard InChI is InChI=1S/C19H22OS/c1-12-9-13(2)18(14(3)10-12)19(20)17-11-15-7-5-4-6-8-16(15)21-17/h9-11H,4-8H2,1-3H3. The lowest BCUT2D eigenvalue weighted by Crippen LogP contribution is -2.05. The van der Waals surface area contributed by atoms with Crippen molar-refractivity contribution in [2.45, 2.75) is 52.9 Å². The molecule has 2 aromatic rings. The van der Waals surface area contributed by atoms with Crippen molar-refractivity contribution < 1.29 is 4.79 Å². The van der Waals surface area contributed by atoms with Crippen LogP contribution in [0.1, 0.15) is 61.6 Å². The minimum atomic E-state index is 0.211. The van der Waals surface area contributed by atoms with E-state index in [0.29, 0.717) is 0 Å². The molecule has 0 fully saturated rings. The molecule has 0 N–H and O–H groups in total. The molecule has 0 unspecified atom stereocenters. The highest BCUT2D eigenvalue weighted by atomic mass is 32.1. The summed E-state index contributed by atoms with van der Waals surface area (Å²) in [6.45, 7) is 6.18. The Hall–Kier alpha value is -1.41. The molecule has 110 valence electrons. The van der Waals surface area contributed by atoms with Crippen LogP contribution < -0.4 is 0 Å². The first-order chi connectivity index (χ1) is 10.1. The summed E-state index contributed by atoms with van der Waals surface area (Å²) in [4.78, 5) is 15.3. The van der Waals surface area contributed by atoms with Crippen LogP contribution in [0.25, 0.3) is 0 Å². The second kappa shape index (κ2) is 5.76. The van der Waals surface area contributed by atoms with E-state index in [1.54, 1.807) is 11.3 Å². The SMILES string of the molecule is Cc1cc(C)c(C(=O)c2cc3c(s2)CCCCC3)c(C)c1. The fourth-order valence-corrected chi connectivity index (χ4v) is 4.64. The van der Waals surface area contributed by atoms with Crippen molar-refractivity contribution in [3.63, 3.8) is 0 Å². The molecular formula is C19H22OS. The maximum Gasteiger partial charge on any atom is 0.203 e. The summed E-state index contributed by atoms with van der Waals surface area (Å²) in [5, 5.41) is 0. The van der Waals surface area contributed by atoms with Crippen LogP contribution in [0.3, 0.4) is 0 Å². The van der Waals surface area contributed by atoms with Gasteiger partial charge in [-0.1, -0.05) is 24.1 Å². The van der Waals surface area contributed by atoms with Crippen LogP contribution in [-0.2, 0) is 12.8 Å². The van der Waals surface area contributed by atoms with Gasteiger partial charge in [-0.2, -0.15) is 0 Å². The zero-order valence-electron chi connectivity index (χ0n) is 13.1. The molecule has 0 saturated heterocycles. The van der Waals surface area contributed by atoms with Gasteiger partial charge in [-0.25, -0.2) is 0 Å². The van der Waals surface area contributed by atoms with Crippen molar-refractivity contribution in [3.8, 4) is 0 Å². The third kappa shape index (κ3) is 2.82. The van der Waals surface area contributed by atoms with Crippen molar-refractivity contribution in [1.29, 1.82) is 0 Å². The molecule has 0 atom stereocenters. The number of hydrogen-bond acceptors (Lipinski definition) is 2. The lowest BCUT2D eigenvalue weighted by Gasteiger charge is -2.09. The lowest BCUT2D eigenvalue weighted by molar-refractivity contribution is 0.104. The monoisotopic (exact) mass is 298 g/mol. The Kier molecular flexibility index (Phi) is 3.99. The molecule has 1 aromatic heterocycles. The zero-order valence-corrected chi connectivity index (χ0v) is 13.9. The van der Waals surface area contributed by atoms with Gasteiger partial charge < -0.3 is 0 Å². The Morgan fingerprint density at radius 3 is 2.33 bits per heavy atom. The van der Waals surface area contributed by atoms with E-state index in [4.69, 9.17) is 0 Å². The summed E-state index contributed by atoms with van der Waals surface area (Å²) in [6, 6.07) is 6.38. The third-order valence-corrected chi connectivity index (χ3v) is 5.61. The summed E-state index contributed by atoms with van der Waals surface area (Å²) in [6.07, 6.45) is 6.15. The highest BCUT2D eigenvalue weighted by molar-refractivity contribution is 7.14. The number of thiophene rings is 1. The van der Waals surface area contributed by atoms with Crippen LogP contribution >= 0.6 is 11.3 Å². The van der Waals surface area contributed by atoms with E-state index < -0.39 is 0 Å². The van der Waals surface area contributed by atoms with Gasteiger partial charge in [0.2, 0.25) is 5.78 Å². The van der Waals surface area contributed by atoms with Gasteiger partial charge in [-0.05, 0) is 69.2 Å². The minimum Gasteiger partial charge on any atom is -0.288 e. The molecule has 3 rings (SSSR count). The lowest BCUT2D eigenvalue weighted by atomic mass is 9.95. The van der Waals surface area contributed by atoms with Crippen LogP contribution in [0.2, 0.25) is 0 Å². The number of rotatable bonds is 2. The van der Waals surface area contributed by atoms with Gasteiger partial charge in [0.25, 0.3) is 0 Å². The predicted octanol–water partition coefficient (Wildman–Crippen LogP) is 5.17. The molecule has 1 nitrogen and oxygen atoms in total. The molecule has 0 saturated carbocycles. The number of aryl methyl sites for hydroxylation is 5. The molecule has 0 bridgehead atoms. The van der Waals surface area contributed by atoms with Gasteiger partial charge in [0, 0.05) is 10.4 Å². The molecule has 1 aromatic carbocycles. The first kappa shape index (κ1) is 14.5. The smallest absolute Gasteiger partial charge is 0.203 e. The largest absolute Gasteiger partial charge is 0.288 e. The molecule has 1 heterocycles. The van der Waals surface area contributed by atoms with Crippen molar-refractivity contribution in [3.05, 3.63) is 55.8 Å². The molecular weight excluding hydrogens is 276 g/mol. The molecule has 1 aliphatic carbocycles. The van der Waals surface area contributed by atoms with Gasteiger partial charge in [0.05, 0.1) is 4.88 Å². The summed E-state index contributed by atoms with van der Waals surface area (Å²) in [7, 11) is 0. The van der Waals surface area contributed by atoms with E-state index in [9.17, 15) is 4.79 Å². The Balaban J connectivity index is 2.00. The van der Waals surface area contributed by atoms with E-state index in [-0.39, 0.29) is 5.78 Å². The van der Waals surface area contributed by atoms with Crippen LogP contribution in [0.15, 0.2) is 18.2 Å². The Morgan fingerprint density at radius 1 is 0.952 bits per heavy atom. The highest BCUT2D eigenvalue weighted by Gasteiger charge is 2.20. The van der Waals surface area contributed by atoms with E-state index in [2.05, 4.69) is 25.1 Å². The third-order valence-electron chi connectivity index (χ3n) is 4.37. The summed E-state index contributed by atoms with van der Waals surface area (Å²) in [5.74, 6) is 0.211. The van der Waals surface area contributed by atoms with Crippen molar-refractivity contribution in [2.24, 2.45) is 0 Å². The Bertz CT molecular complexity index is 647. The van der Waals surface area contributed by atoms with E-state index >= 15 is 0 Å². The number of carbonyl (C=O) groups excluding carboxylic acids is 1. The number of hydrogen-bond donors (Lipinski definition) is 0. The molecule has 2 heteroatoms. The number of fused-ring (bicyclic) bond motifs is 1. The first-order valence-electron chi connectivity index (χ1n) is 7.80. The fourth-order valence-electron chi connectivity index (χ4n) is 3.44. The summed E-state index contributed by atoms with van der Waals surface area (Å²) < 4.78 is 0. The minimum absolute atomic E-state index is 0.211. The molecule has 0 amide bonds. The average molecular weight is 298 g/mol. The molecule has 0 spiro atoms. The van der Waals surface area contributed by atoms with Crippen LogP contribution in [0.5, 0.6) is 0 Å². The normalized spacial score (nSPS) is 14.6. The molecule has 21 heavy (non-hydrogen) atoms. The van der Waals surface area contributed by atoms with E-state index in [1.807, 2.05) is 13.8 Å². The van der Waals surface area contributed by atoms with Crippen LogP contribution in [0.4, 0.5) is 0 Å². The summed E-state index contributed by atoms with van der Waals surface area (Å²) >= 11 is 1.72. The van der Waals surface area contributed by atoms with E-state index in [0.717, 1.165) is 34.4 Å². The Labute approximate surface area is 131 Å². The topological polar surface area (TPSA) is 17.1 Å². The quantitative estimate of drug-likeness (QED) is 0.552. The van der Waals surface area contributed by atoms with Crippen molar-refractivity contribution in [2.75, 3.05) is 0 Å². The van der Waals surface area contributed by atoms with Crippen molar-refractivity contribution >= 4 is 17.1 Å². The van der Waals surface area contributed by atoms with E-state index in [1.165, 1.54) is 35.3 Å². The average Bonchev–Trinajstić information content (AvgIpc) is 2.69. The maximum absolute atomic E-state index is 12.9. The maximum atomic E-state index is 12.9. The fraction of sp³-hybridized carbons (Fsp3) is 0.421. The van der Waals surface area contributed by atoms with Crippen LogP contribution in [0, 0.1) is 20.8 Å². The highest BCUT2D eigenvalue weighted by Crippen LogP contribution is 2.31. The second-order valence-electron chi connectivity index (χ2n) is 6.22. The number of carbonyl (C=O) groups is 1. The van der Waals surface area contributed by atoms with Gasteiger partial charge in [-0.3, -0.25) is 4.79 Å². The Morgan fingerprint density at radius 2 is 1.62 bits per heavy atom. The molecule has 0 aliphatic heterocycles. The van der Waals surface area contributed by atoms with Gasteiger partial charge in [-0.15, -0.1) is 11.3 Å². The molecule has 1 aliphatic rings. The van der Waals surface area contributed by atoms with Crippen molar-refractivity contribution in [1.82, 2.24) is 0 Å². The predicted molar refractivity (Wildman–Crippen MR) is 89.7 cm³/mol. The zero-order chi connectivity index (χ0) is 15.0. The van der Waals surface area contributed by atoms with Crippen LogP contribution in [-0.4, -0.2) is 5.78 Å². The summed E-state index contributed by atoms with van der Waals surface area (Å²) in [5.41, 5.74) is 5.74. The first-order valence-corrected chi connectivity index (χ1v) is 8.62. The van der Waals surface area contributed by atoms with Gasteiger partial charge in [0.1, 0.15) is 0 Å². The number of benzene rings is 1. The number of ketones is 1.